The SMILES string of the molecule is CC1=C(C(N)=O)C(c2cccs2)n2nc(-c3ccc(N(C)C)cc3)nc2N1. The number of nitrogens with zero attached hydrogens (tertiary/aromatic N) is 4. The number of rotatable bonds is 4. The molecule has 1 aromatic carbocycles. The van der Waals surface area contributed by atoms with Gasteiger partial charge < -0.3 is 16.0 Å². The van der Waals surface area contributed by atoms with E-state index in [1.807, 2.05) is 67.7 Å². The predicted molar refractivity (Wildman–Crippen MR) is 108 cm³/mol. The Morgan fingerprint density at radius 2 is 2.00 bits per heavy atom. The van der Waals surface area contributed by atoms with Gasteiger partial charge in [-0.25, -0.2) is 4.68 Å². The zero-order valence-corrected chi connectivity index (χ0v) is 16.1. The normalized spacial score (nSPS) is 16.0. The van der Waals surface area contributed by atoms with Crippen LogP contribution in [0.4, 0.5) is 11.6 Å². The topological polar surface area (TPSA) is 89.1 Å². The van der Waals surface area contributed by atoms with Crippen LogP contribution in [-0.4, -0.2) is 34.8 Å². The third-order valence-corrected chi connectivity index (χ3v) is 5.50. The highest BCUT2D eigenvalue weighted by Gasteiger charge is 2.33. The molecule has 1 aliphatic rings. The maximum atomic E-state index is 12.1. The summed E-state index contributed by atoms with van der Waals surface area (Å²) in [6, 6.07) is 11.6. The maximum Gasteiger partial charge on any atom is 0.248 e. The fourth-order valence-corrected chi connectivity index (χ4v) is 4.03. The van der Waals surface area contributed by atoms with E-state index in [9.17, 15) is 4.79 Å². The zero-order chi connectivity index (χ0) is 19.1. The van der Waals surface area contributed by atoms with Crippen molar-refractivity contribution in [2.75, 3.05) is 24.3 Å². The van der Waals surface area contributed by atoms with Gasteiger partial charge in [0, 0.05) is 35.9 Å². The van der Waals surface area contributed by atoms with Crippen molar-refractivity contribution in [3.63, 3.8) is 0 Å². The van der Waals surface area contributed by atoms with Gasteiger partial charge in [0.05, 0.1) is 5.57 Å². The van der Waals surface area contributed by atoms with Crippen LogP contribution < -0.4 is 16.0 Å². The Kier molecular flexibility index (Phi) is 4.19. The number of hydrogen-bond acceptors (Lipinski definition) is 6. The summed E-state index contributed by atoms with van der Waals surface area (Å²) in [5.41, 5.74) is 8.90. The average molecular weight is 380 g/mol. The van der Waals surface area contributed by atoms with E-state index in [1.165, 1.54) is 0 Å². The molecule has 0 spiro atoms. The Bertz CT molecular complexity index is 1020. The third-order valence-electron chi connectivity index (χ3n) is 4.57. The number of allylic oxidation sites excluding steroid dienone is 1. The maximum absolute atomic E-state index is 12.1. The predicted octanol–water partition coefficient (Wildman–Crippen LogP) is 2.85. The van der Waals surface area contributed by atoms with Crippen LogP contribution in [0.15, 0.2) is 53.0 Å². The summed E-state index contributed by atoms with van der Waals surface area (Å²) < 4.78 is 1.74. The van der Waals surface area contributed by atoms with E-state index in [2.05, 4.69) is 10.3 Å². The number of amides is 1. The smallest absolute Gasteiger partial charge is 0.248 e. The molecule has 1 atom stereocenters. The standard InChI is InChI=1S/C19H20N6OS/c1-11-15(17(20)26)16(14-5-4-10-27-14)25-19(21-11)22-18(23-25)12-6-8-13(9-7-12)24(2)3/h4-10,16H,1-3H3,(H2,20,26)(H,21,22,23). The van der Waals surface area contributed by atoms with E-state index >= 15 is 0 Å². The minimum Gasteiger partial charge on any atom is -0.378 e. The van der Waals surface area contributed by atoms with Gasteiger partial charge >= 0.3 is 0 Å². The van der Waals surface area contributed by atoms with E-state index in [1.54, 1.807) is 16.0 Å². The molecule has 2 aromatic heterocycles. The Morgan fingerprint density at radius 1 is 1.26 bits per heavy atom. The van der Waals surface area contributed by atoms with Crippen LogP contribution >= 0.6 is 11.3 Å². The van der Waals surface area contributed by atoms with Crippen molar-refractivity contribution in [1.82, 2.24) is 14.8 Å². The van der Waals surface area contributed by atoms with Crippen molar-refractivity contribution < 1.29 is 4.79 Å². The molecule has 0 fully saturated rings. The first-order valence-electron chi connectivity index (χ1n) is 8.51. The first kappa shape index (κ1) is 17.3. The Labute approximate surface area is 161 Å². The molecule has 7 nitrogen and oxygen atoms in total. The lowest BCUT2D eigenvalue weighted by Crippen LogP contribution is -2.31. The number of fused-ring (bicyclic) bond motifs is 1. The third kappa shape index (κ3) is 2.97. The van der Waals surface area contributed by atoms with Gasteiger partial charge in [-0.2, -0.15) is 4.98 Å². The molecular weight excluding hydrogens is 360 g/mol. The molecule has 0 saturated heterocycles. The average Bonchev–Trinajstić information content (AvgIpc) is 3.30. The van der Waals surface area contributed by atoms with Crippen LogP contribution in [0.5, 0.6) is 0 Å². The number of nitrogens with two attached hydrogens (primary N) is 1. The minimum atomic E-state index is -0.462. The molecule has 1 unspecified atom stereocenters. The fraction of sp³-hybridized carbons (Fsp3) is 0.211. The lowest BCUT2D eigenvalue weighted by atomic mass is 10.0. The molecule has 0 bridgehead atoms. The molecule has 0 radical (unpaired) electrons. The molecule has 3 N–H and O–H groups in total. The molecule has 4 rings (SSSR count). The van der Waals surface area contributed by atoms with E-state index < -0.39 is 5.91 Å². The van der Waals surface area contributed by atoms with Gasteiger partial charge in [-0.05, 0) is 42.6 Å². The van der Waals surface area contributed by atoms with Crippen molar-refractivity contribution in [3.8, 4) is 11.4 Å². The number of carbonyl (C=O) groups excluding carboxylic acids is 1. The number of primary amides is 1. The van der Waals surface area contributed by atoms with Gasteiger partial charge in [-0.15, -0.1) is 16.4 Å². The molecule has 8 heteroatoms. The van der Waals surface area contributed by atoms with Gasteiger partial charge in [-0.1, -0.05) is 6.07 Å². The highest BCUT2D eigenvalue weighted by molar-refractivity contribution is 7.10. The van der Waals surface area contributed by atoms with Crippen LogP contribution in [0.3, 0.4) is 0 Å². The van der Waals surface area contributed by atoms with Crippen LogP contribution in [0.25, 0.3) is 11.4 Å². The number of benzene rings is 1. The van der Waals surface area contributed by atoms with Gasteiger partial charge in [-0.3, -0.25) is 4.79 Å². The number of thiophene rings is 1. The van der Waals surface area contributed by atoms with Crippen molar-refractivity contribution in [2.24, 2.45) is 5.73 Å². The summed E-state index contributed by atoms with van der Waals surface area (Å²) in [5.74, 6) is 0.738. The quantitative estimate of drug-likeness (QED) is 0.726. The van der Waals surface area contributed by atoms with Crippen molar-refractivity contribution in [3.05, 3.63) is 57.9 Å². The van der Waals surface area contributed by atoms with Crippen LogP contribution in [0, 0.1) is 0 Å². The largest absolute Gasteiger partial charge is 0.378 e. The number of aromatic nitrogens is 3. The number of carbonyl (C=O) groups is 1. The Hall–Kier alpha value is -3.13. The van der Waals surface area contributed by atoms with Gasteiger partial charge in [0.25, 0.3) is 0 Å². The summed E-state index contributed by atoms with van der Waals surface area (Å²) in [5, 5.41) is 9.84. The highest BCUT2D eigenvalue weighted by Crippen LogP contribution is 2.37. The van der Waals surface area contributed by atoms with Gasteiger partial charge in [0.2, 0.25) is 11.9 Å². The van der Waals surface area contributed by atoms with Crippen LogP contribution in [0.2, 0.25) is 0 Å². The van der Waals surface area contributed by atoms with Crippen molar-refractivity contribution in [2.45, 2.75) is 13.0 Å². The van der Waals surface area contributed by atoms with Crippen LogP contribution in [0.1, 0.15) is 17.8 Å². The molecule has 138 valence electrons. The van der Waals surface area contributed by atoms with Crippen LogP contribution in [-0.2, 0) is 4.79 Å². The van der Waals surface area contributed by atoms with Gasteiger partial charge in [0.1, 0.15) is 6.04 Å². The Balaban J connectivity index is 1.80. The first-order chi connectivity index (χ1) is 13.0. The molecular formula is C19H20N6OS. The monoisotopic (exact) mass is 380 g/mol. The summed E-state index contributed by atoms with van der Waals surface area (Å²) in [6.45, 7) is 1.84. The number of nitrogens with one attached hydrogen (secondary N) is 1. The molecule has 27 heavy (non-hydrogen) atoms. The molecule has 0 saturated carbocycles. The molecule has 1 aliphatic heterocycles. The molecule has 0 aliphatic carbocycles. The molecule has 1 amide bonds. The second-order valence-corrected chi connectivity index (χ2v) is 7.57. The zero-order valence-electron chi connectivity index (χ0n) is 15.3. The highest BCUT2D eigenvalue weighted by atomic mass is 32.1. The molecule has 3 aromatic rings. The number of anilines is 2. The summed E-state index contributed by atoms with van der Waals surface area (Å²) in [4.78, 5) is 19.8. The summed E-state index contributed by atoms with van der Waals surface area (Å²) in [7, 11) is 4.00. The van der Waals surface area contributed by atoms with E-state index in [4.69, 9.17) is 10.8 Å². The lowest BCUT2D eigenvalue weighted by molar-refractivity contribution is -0.115. The second kappa shape index (κ2) is 6.55. The van der Waals surface area contributed by atoms with Crippen molar-refractivity contribution in [1.29, 1.82) is 0 Å². The van der Waals surface area contributed by atoms with E-state index in [0.29, 0.717) is 23.0 Å². The lowest BCUT2D eigenvalue weighted by Gasteiger charge is -2.26. The second-order valence-electron chi connectivity index (χ2n) is 6.59. The minimum absolute atomic E-state index is 0.374. The summed E-state index contributed by atoms with van der Waals surface area (Å²) >= 11 is 1.56. The van der Waals surface area contributed by atoms with E-state index in [0.717, 1.165) is 16.1 Å². The van der Waals surface area contributed by atoms with E-state index in [-0.39, 0.29) is 6.04 Å². The molecule has 3 heterocycles. The van der Waals surface area contributed by atoms with Crippen molar-refractivity contribution >= 4 is 28.9 Å². The summed E-state index contributed by atoms with van der Waals surface area (Å²) in [6.07, 6.45) is 0. The first-order valence-corrected chi connectivity index (χ1v) is 9.39. The number of hydrogen-bond donors (Lipinski definition) is 2. The Morgan fingerprint density at radius 3 is 2.59 bits per heavy atom. The van der Waals surface area contributed by atoms with Gasteiger partial charge in [0.15, 0.2) is 5.82 Å². The fourth-order valence-electron chi connectivity index (χ4n) is 3.21.